The van der Waals surface area contributed by atoms with E-state index in [4.69, 9.17) is 0 Å². The lowest BCUT2D eigenvalue weighted by Gasteiger charge is -2.33. The molecule has 1 N–H and O–H groups in total. The minimum Gasteiger partial charge on any atom is -0.313 e. The maximum Gasteiger partial charge on any atom is 0.389 e. The van der Waals surface area contributed by atoms with E-state index < -0.39 is 12.6 Å². The van der Waals surface area contributed by atoms with Gasteiger partial charge in [-0.25, -0.2) is 0 Å². The van der Waals surface area contributed by atoms with E-state index in [0.717, 1.165) is 38.9 Å². The van der Waals surface area contributed by atoms with Gasteiger partial charge < -0.3 is 10.2 Å². The predicted octanol–water partition coefficient (Wildman–Crippen LogP) is 2.79. The molecular weight excluding hydrogens is 229 g/mol. The van der Waals surface area contributed by atoms with Crippen LogP contribution in [0.25, 0.3) is 0 Å². The van der Waals surface area contributed by atoms with Crippen LogP contribution in [-0.4, -0.2) is 43.3 Å². The van der Waals surface area contributed by atoms with Gasteiger partial charge in [-0.2, -0.15) is 13.2 Å². The van der Waals surface area contributed by atoms with Gasteiger partial charge in [-0.05, 0) is 45.3 Å². The molecule has 0 aliphatic carbocycles. The van der Waals surface area contributed by atoms with Gasteiger partial charge in [0.05, 0.1) is 0 Å². The van der Waals surface area contributed by atoms with Crippen molar-refractivity contribution in [3.63, 3.8) is 0 Å². The van der Waals surface area contributed by atoms with Crippen LogP contribution < -0.4 is 5.32 Å². The average molecular weight is 252 g/mol. The van der Waals surface area contributed by atoms with Crippen molar-refractivity contribution in [3.8, 4) is 0 Å². The highest BCUT2D eigenvalue weighted by molar-refractivity contribution is 4.78. The van der Waals surface area contributed by atoms with Gasteiger partial charge in [0.2, 0.25) is 0 Å². The Morgan fingerprint density at radius 1 is 1.35 bits per heavy atom. The third-order valence-corrected chi connectivity index (χ3v) is 3.12. The second-order valence-electron chi connectivity index (χ2n) is 4.81. The van der Waals surface area contributed by atoms with E-state index in [1.54, 1.807) is 0 Å². The van der Waals surface area contributed by atoms with Crippen LogP contribution in [0, 0.1) is 0 Å². The van der Waals surface area contributed by atoms with Crippen LogP contribution in [0.1, 0.15) is 39.0 Å². The fraction of sp³-hybridized carbons (Fsp3) is 1.00. The molecule has 5 heteroatoms. The van der Waals surface area contributed by atoms with Crippen molar-refractivity contribution >= 4 is 0 Å². The number of rotatable bonds is 6. The van der Waals surface area contributed by atoms with Crippen LogP contribution in [0.3, 0.4) is 0 Å². The molecule has 2 nitrogen and oxygen atoms in total. The van der Waals surface area contributed by atoms with Crippen molar-refractivity contribution in [1.82, 2.24) is 10.2 Å². The van der Waals surface area contributed by atoms with Gasteiger partial charge in [0.15, 0.2) is 0 Å². The summed E-state index contributed by atoms with van der Waals surface area (Å²) in [5, 5.41) is 3.44. The summed E-state index contributed by atoms with van der Waals surface area (Å²) in [5.74, 6) is 0. The van der Waals surface area contributed by atoms with E-state index in [-0.39, 0.29) is 6.42 Å². The summed E-state index contributed by atoms with van der Waals surface area (Å²) in [7, 11) is 0. The summed E-state index contributed by atoms with van der Waals surface area (Å²) < 4.78 is 36.1. The zero-order valence-electron chi connectivity index (χ0n) is 10.5. The molecule has 1 heterocycles. The predicted molar refractivity (Wildman–Crippen MR) is 63.0 cm³/mol. The summed E-state index contributed by atoms with van der Waals surface area (Å²) in [6, 6.07) is 0.467. The van der Waals surface area contributed by atoms with Gasteiger partial charge in [0.25, 0.3) is 0 Å². The molecule has 1 atom stereocenters. The third-order valence-electron chi connectivity index (χ3n) is 3.12. The van der Waals surface area contributed by atoms with Crippen LogP contribution in [0.5, 0.6) is 0 Å². The van der Waals surface area contributed by atoms with Crippen molar-refractivity contribution in [1.29, 1.82) is 0 Å². The number of nitrogens with zero attached hydrogens (tertiary/aromatic N) is 1. The summed E-state index contributed by atoms with van der Waals surface area (Å²) in [6.07, 6.45) is -1.09. The third kappa shape index (κ3) is 6.88. The Bertz CT molecular complexity index is 206. The summed E-state index contributed by atoms with van der Waals surface area (Å²) >= 11 is 0. The Morgan fingerprint density at radius 3 is 2.76 bits per heavy atom. The van der Waals surface area contributed by atoms with E-state index in [9.17, 15) is 13.2 Å². The second-order valence-corrected chi connectivity index (χ2v) is 4.81. The first-order valence-electron chi connectivity index (χ1n) is 6.54. The Hall–Kier alpha value is -0.290. The molecule has 102 valence electrons. The lowest BCUT2D eigenvalue weighted by atomic mass is 10.1. The topological polar surface area (TPSA) is 15.3 Å². The van der Waals surface area contributed by atoms with Crippen molar-refractivity contribution in [2.24, 2.45) is 0 Å². The number of hydrogen-bond acceptors (Lipinski definition) is 2. The van der Waals surface area contributed by atoms with Crippen LogP contribution in [0.4, 0.5) is 13.2 Å². The molecule has 0 amide bonds. The molecule has 1 saturated heterocycles. The Kier molecular flexibility index (Phi) is 6.27. The number of halogens is 3. The number of likely N-dealkylation sites (tertiary alicyclic amines) is 1. The highest BCUT2D eigenvalue weighted by Crippen LogP contribution is 2.22. The SMILES string of the molecule is CCCNC1CCCN(CCCC(F)(F)F)C1. The van der Waals surface area contributed by atoms with E-state index in [1.807, 2.05) is 0 Å². The molecule has 1 aliphatic rings. The van der Waals surface area contributed by atoms with Gasteiger partial charge in [0, 0.05) is 19.0 Å². The number of piperidine rings is 1. The summed E-state index contributed by atoms with van der Waals surface area (Å²) in [5.41, 5.74) is 0. The van der Waals surface area contributed by atoms with Gasteiger partial charge in [-0.1, -0.05) is 6.92 Å². The molecule has 0 bridgehead atoms. The van der Waals surface area contributed by atoms with Crippen LogP contribution in [-0.2, 0) is 0 Å². The van der Waals surface area contributed by atoms with Gasteiger partial charge in [-0.3, -0.25) is 0 Å². The van der Waals surface area contributed by atoms with Crippen molar-refractivity contribution in [3.05, 3.63) is 0 Å². The van der Waals surface area contributed by atoms with Crippen molar-refractivity contribution in [2.45, 2.75) is 51.2 Å². The number of alkyl halides is 3. The summed E-state index contributed by atoms with van der Waals surface area (Å²) in [4.78, 5) is 2.16. The molecule has 1 unspecified atom stereocenters. The summed E-state index contributed by atoms with van der Waals surface area (Å²) in [6.45, 7) is 5.54. The quantitative estimate of drug-likeness (QED) is 0.782. The smallest absolute Gasteiger partial charge is 0.313 e. The van der Waals surface area contributed by atoms with Crippen LogP contribution in [0.15, 0.2) is 0 Å². The van der Waals surface area contributed by atoms with E-state index >= 15 is 0 Å². The molecule has 0 radical (unpaired) electrons. The lowest BCUT2D eigenvalue weighted by molar-refractivity contribution is -0.136. The number of hydrogen-bond donors (Lipinski definition) is 1. The fourth-order valence-corrected chi connectivity index (χ4v) is 2.28. The lowest BCUT2D eigenvalue weighted by Crippen LogP contribution is -2.46. The van der Waals surface area contributed by atoms with E-state index in [2.05, 4.69) is 17.1 Å². The van der Waals surface area contributed by atoms with Crippen LogP contribution in [0.2, 0.25) is 0 Å². The molecule has 0 spiro atoms. The van der Waals surface area contributed by atoms with E-state index in [0.29, 0.717) is 12.6 Å². The fourth-order valence-electron chi connectivity index (χ4n) is 2.28. The van der Waals surface area contributed by atoms with Gasteiger partial charge in [0.1, 0.15) is 0 Å². The molecule has 0 aromatic rings. The molecule has 1 fully saturated rings. The van der Waals surface area contributed by atoms with Gasteiger partial charge in [-0.15, -0.1) is 0 Å². The maximum absolute atomic E-state index is 12.0. The van der Waals surface area contributed by atoms with Crippen LogP contribution >= 0.6 is 0 Å². The van der Waals surface area contributed by atoms with E-state index in [1.165, 1.54) is 0 Å². The maximum atomic E-state index is 12.0. The molecule has 0 aromatic carbocycles. The minimum absolute atomic E-state index is 0.226. The second kappa shape index (κ2) is 7.21. The Morgan fingerprint density at radius 2 is 2.12 bits per heavy atom. The molecule has 0 saturated carbocycles. The largest absolute Gasteiger partial charge is 0.389 e. The average Bonchev–Trinajstić information content (AvgIpc) is 2.25. The minimum atomic E-state index is -4.00. The monoisotopic (exact) mass is 252 g/mol. The van der Waals surface area contributed by atoms with Crippen molar-refractivity contribution < 1.29 is 13.2 Å². The molecule has 1 aliphatic heterocycles. The Balaban J connectivity index is 2.16. The molecule has 1 rings (SSSR count). The first kappa shape index (κ1) is 14.8. The zero-order chi connectivity index (χ0) is 12.7. The van der Waals surface area contributed by atoms with Gasteiger partial charge >= 0.3 is 6.18 Å². The zero-order valence-corrected chi connectivity index (χ0v) is 10.5. The molecular formula is C12H23F3N2. The molecule has 0 aromatic heterocycles. The highest BCUT2D eigenvalue weighted by atomic mass is 19.4. The molecule has 17 heavy (non-hydrogen) atoms. The first-order chi connectivity index (χ1) is 8.01. The highest BCUT2D eigenvalue weighted by Gasteiger charge is 2.27. The van der Waals surface area contributed by atoms with Crippen molar-refractivity contribution in [2.75, 3.05) is 26.2 Å². The Labute approximate surface area is 102 Å². The number of nitrogens with one attached hydrogen (secondary N) is 1. The first-order valence-corrected chi connectivity index (χ1v) is 6.54. The normalized spacial score (nSPS) is 22.9. The standard InChI is InChI=1S/C12H23F3N2/c1-2-7-16-11-5-3-8-17(10-11)9-4-6-12(13,14)15/h11,16H,2-10H2,1H3.